The van der Waals surface area contributed by atoms with Crippen LogP contribution in [0.3, 0.4) is 0 Å². The highest BCUT2D eigenvalue weighted by Gasteiger charge is 2.40. The van der Waals surface area contributed by atoms with Crippen LogP contribution in [0.2, 0.25) is 0 Å². The van der Waals surface area contributed by atoms with Crippen LogP contribution in [0, 0.1) is 0 Å². The van der Waals surface area contributed by atoms with Crippen LogP contribution in [0.25, 0.3) is 10.9 Å². The number of para-hydroxylation sites is 1. The molecule has 120 heavy (non-hydrogen) atoms. The summed E-state index contributed by atoms with van der Waals surface area (Å²) in [5.74, 6) is -16.1. The molecule has 0 spiro atoms. The minimum absolute atomic E-state index is 0.0337. The normalized spacial score (nSPS) is 14.7. The largest absolute Gasteiger partial charge is 0.480 e. The van der Waals surface area contributed by atoms with Crippen molar-refractivity contribution in [3.8, 4) is 0 Å². The monoisotopic (exact) mass is 1710 g/mol. The third-order valence-corrected chi connectivity index (χ3v) is 19.6. The summed E-state index contributed by atoms with van der Waals surface area (Å²) in [6.45, 7) is 0.671. The van der Waals surface area contributed by atoms with Gasteiger partial charge in [0.05, 0.1) is 31.8 Å². The van der Waals surface area contributed by atoms with Crippen LogP contribution in [0.4, 0.5) is 0 Å². The molecule has 1 heterocycles. The Morgan fingerprint density at radius 3 is 1.23 bits per heavy atom. The zero-order valence-electron chi connectivity index (χ0n) is 66.8. The van der Waals surface area contributed by atoms with E-state index in [1.54, 1.807) is 121 Å². The van der Waals surface area contributed by atoms with Gasteiger partial charge in [-0.05, 0) is 93.8 Å². The maximum atomic E-state index is 15.4. The number of carboxylic acids is 1. The second kappa shape index (κ2) is 52.7. The molecule has 0 aliphatic carbocycles. The predicted octanol–water partition coefficient (Wildman–Crippen LogP) is -6.58. The van der Waals surface area contributed by atoms with E-state index < -0.39 is 193 Å². The number of carboxylic acid groups (broad SMARTS) is 1. The van der Waals surface area contributed by atoms with Gasteiger partial charge in [0.25, 0.3) is 0 Å². The van der Waals surface area contributed by atoms with Crippen molar-refractivity contribution in [1.29, 1.82) is 0 Å². The summed E-state index contributed by atoms with van der Waals surface area (Å²) in [6, 6.07) is 12.0. The Morgan fingerprint density at radius 2 is 0.800 bits per heavy atom. The number of hydrogen-bond acceptors (Lipinski definition) is 25. The number of carbonyl (C=O) groups is 15. The van der Waals surface area contributed by atoms with Crippen molar-refractivity contribution >= 4 is 125 Å². The molecule has 28 N–H and O–H groups in total. The van der Waals surface area contributed by atoms with Gasteiger partial charge >= 0.3 is 5.97 Å². The number of aromatic amines is 1. The molecule has 0 fully saturated rings. The number of aromatic nitrogens is 1. The van der Waals surface area contributed by atoms with E-state index in [1.165, 1.54) is 0 Å². The first kappa shape index (κ1) is 99.4. The van der Waals surface area contributed by atoms with Crippen LogP contribution in [0.1, 0.15) is 81.0 Å². The topological polar surface area (TPSA) is 642 Å². The Morgan fingerprint density at radius 1 is 0.425 bits per heavy atom. The molecule has 0 aliphatic heterocycles. The van der Waals surface area contributed by atoms with Crippen molar-refractivity contribution < 1.29 is 92.3 Å². The lowest BCUT2D eigenvalue weighted by atomic mass is 10.00. The van der Waals surface area contributed by atoms with E-state index in [2.05, 4.69) is 99.4 Å². The summed E-state index contributed by atoms with van der Waals surface area (Å²) in [5.41, 5.74) is 31.0. The molecule has 0 saturated heterocycles. The molecule has 0 radical (unpaired) electrons. The lowest BCUT2D eigenvalue weighted by Gasteiger charge is -2.29. The highest BCUT2D eigenvalue weighted by molar-refractivity contribution is 7.80. The second-order valence-corrected chi connectivity index (χ2v) is 29.2. The highest BCUT2D eigenvalue weighted by atomic mass is 32.1. The molecule has 656 valence electrons. The number of fused-ring (bicyclic) bond motifs is 1. The smallest absolute Gasteiger partial charge is 0.323 e. The average molecular weight is 1710 g/mol. The van der Waals surface area contributed by atoms with Crippen molar-refractivity contribution in [3.63, 3.8) is 0 Å². The number of nitrogens with two attached hydrogens (primary N) is 5. The van der Waals surface area contributed by atoms with Crippen molar-refractivity contribution in [3.05, 3.63) is 144 Å². The van der Waals surface area contributed by atoms with Gasteiger partial charge in [-0.1, -0.05) is 109 Å². The number of aliphatic carboxylic acids is 1. The van der Waals surface area contributed by atoms with Crippen molar-refractivity contribution in [1.82, 2.24) is 79.0 Å². The van der Waals surface area contributed by atoms with Gasteiger partial charge in [0.2, 0.25) is 82.7 Å². The number of nitrogens with one attached hydrogen (secondary N) is 14. The van der Waals surface area contributed by atoms with E-state index in [9.17, 15) is 78.0 Å². The third kappa shape index (κ3) is 33.6. The number of primary amides is 1. The van der Waals surface area contributed by atoms with Gasteiger partial charge in [-0.25, -0.2) is 0 Å². The van der Waals surface area contributed by atoms with E-state index in [4.69, 9.17) is 28.7 Å². The molecule has 5 aromatic rings. The van der Waals surface area contributed by atoms with Crippen LogP contribution >= 0.6 is 25.3 Å². The van der Waals surface area contributed by atoms with Crippen LogP contribution in [0.5, 0.6) is 0 Å². The number of aliphatic hydroxyl groups excluding tert-OH is 3. The summed E-state index contributed by atoms with van der Waals surface area (Å²) in [4.78, 5) is 214. The van der Waals surface area contributed by atoms with E-state index in [0.29, 0.717) is 52.5 Å². The van der Waals surface area contributed by atoms with Gasteiger partial charge in [-0.15, -0.1) is 0 Å². The fourth-order valence-corrected chi connectivity index (χ4v) is 13.0. The Labute approximate surface area is 704 Å². The lowest BCUT2D eigenvalue weighted by molar-refractivity contribution is -0.145. The standard InChI is InChI=1S/C79H114N20O19S2/c1-45(101)66(77(116)94-57(36-49-22-10-5-11-23-49)74(113)98-67(46(2)102)78(117)95-60(42-100)75(114)96-62(44-120)79(118)99(33-31-83)41-65(105)106)97-69(108)54(27-15-17-29-81)88-72(111)58(37-50-39-86-52-25-13-12-24-51(50)52)92-71(110)56(35-48-20-8-4-9-21-48)90-70(109)55(34-47-18-6-3-7-19-47)91-73(112)59(38-63(84)103)93-68(107)53(26-14-16-28-80)89-76(115)61(43-119)87-64(104)40-85-32-30-82/h3-13,18-25,39,45-46,53-62,66-67,85-86,100-102,119-120H,14-17,26-38,40-44,80-83H2,1-2H3,(H2,84,103)(H,87,104)(H,88,111)(H,89,115)(H,90,109)(H,91,112)(H,92,110)(H,93,107)(H,94,116)(H,95,117)(H,96,114)(H,97,108)(H,98,113)(H,105,106)/t45-,46-,53+,54+,55+,56+,57+,58-,59+,60+,61+,62+,66+,67+/m1/s1. The highest BCUT2D eigenvalue weighted by Crippen LogP contribution is 2.21. The number of aliphatic hydroxyl groups is 3. The zero-order chi connectivity index (χ0) is 88.4. The molecule has 4 aromatic carbocycles. The Hall–Kier alpha value is -11.1. The molecule has 14 amide bonds. The van der Waals surface area contributed by atoms with Crippen LogP contribution < -0.4 is 97.8 Å². The van der Waals surface area contributed by atoms with Gasteiger partial charge in [-0.2, -0.15) is 25.3 Å². The fourth-order valence-electron chi connectivity index (χ4n) is 12.5. The number of unbranched alkanes of at least 4 members (excludes halogenated alkanes) is 2. The zero-order valence-corrected chi connectivity index (χ0v) is 68.6. The molecule has 1 aromatic heterocycles. The Kier molecular flexibility index (Phi) is 43.7. The molecule has 39 nitrogen and oxygen atoms in total. The number of nitrogens with zero attached hydrogens (tertiary/aromatic N) is 1. The third-order valence-electron chi connectivity index (χ3n) is 18.9. The molecule has 5 rings (SSSR count). The van der Waals surface area contributed by atoms with Crippen LogP contribution in [-0.4, -0.2) is 274 Å². The first-order valence-electron chi connectivity index (χ1n) is 39.2. The molecular formula is C79H114N20O19S2. The average Bonchev–Trinajstić information content (AvgIpc) is 1.44. The second-order valence-electron chi connectivity index (χ2n) is 28.5. The first-order chi connectivity index (χ1) is 57.4. The molecule has 14 atom stereocenters. The minimum Gasteiger partial charge on any atom is -0.480 e. The summed E-state index contributed by atoms with van der Waals surface area (Å²) in [5, 5.41) is 75.7. The molecule has 41 heteroatoms. The number of carbonyl (C=O) groups excluding carboxylic acids is 14. The molecule has 0 bridgehead atoms. The summed E-state index contributed by atoms with van der Waals surface area (Å²) >= 11 is 8.34. The molecular weight excluding hydrogens is 1600 g/mol. The minimum atomic E-state index is -1.94. The number of H-pyrrole nitrogens is 1. The number of thiol groups is 2. The predicted molar refractivity (Wildman–Crippen MR) is 449 cm³/mol. The van der Waals surface area contributed by atoms with E-state index in [-0.39, 0.29) is 102 Å². The van der Waals surface area contributed by atoms with Gasteiger partial charge < -0.3 is 128 Å². The number of hydrogen-bond donors (Lipinski definition) is 25. The SMILES string of the molecule is C[C@@H](O)[C@H](NC(=O)[C@H](Cc1ccccc1)NC(=O)[C@@H](NC(=O)[C@H](CCCCN)NC(=O)[C@@H](Cc1c[nH]c2ccccc12)NC(=O)[C@H](Cc1ccccc1)NC(=O)[C@H](Cc1ccccc1)NC(=O)[C@H](CC(N)=O)NC(=O)[C@H](CCCCN)NC(=O)[C@H](CS)NC(=O)CNCCN)[C@@H](C)O)C(=O)N[C@@H](CO)C(=O)N[C@@H](CS)C(=O)N(CCN)CC(=O)O. The lowest BCUT2D eigenvalue weighted by Crippen LogP contribution is -2.63. The molecule has 0 aliphatic rings. The number of benzene rings is 4. The van der Waals surface area contributed by atoms with Gasteiger partial charge in [0.1, 0.15) is 79.0 Å². The van der Waals surface area contributed by atoms with Crippen molar-refractivity contribution in [2.24, 2.45) is 28.7 Å². The van der Waals surface area contributed by atoms with E-state index >= 15 is 14.4 Å². The summed E-state index contributed by atoms with van der Waals surface area (Å²) < 4.78 is 0. The van der Waals surface area contributed by atoms with Gasteiger partial charge in [-0.3, -0.25) is 71.9 Å². The first-order valence-corrected chi connectivity index (χ1v) is 40.4. The Balaban J connectivity index is 1.46. The molecule has 0 unspecified atom stereocenters. The van der Waals surface area contributed by atoms with Gasteiger partial charge in [0.15, 0.2) is 0 Å². The van der Waals surface area contributed by atoms with Crippen LogP contribution in [0.15, 0.2) is 121 Å². The maximum Gasteiger partial charge on any atom is 0.323 e. The maximum absolute atomic E-state index is 15.4. The molecule has 0 saturated carbocycles. The fraction of sp³-hybridized carbons (Fsp3) is 0.481. The van der Waals surface area contributed by atoms with Gasteiger partial charge in [0, 0.05) is 80.5 Å². The quantitative estimate of drug-likeness (QED) is 0.0127. The van der Waals surface area contributed by atoms with Crippen molar-refractivity contribution in [2.75, 3.05) is 70.5 Å². The summed E-state index contributed by atoms with van der Waals surface area (Å²) in [7, 11) is 0. The number of amides is 14. The van der Waals surface area contributed by atoms with Crippen molar-refractivity contribution in [2.45, 2.75) is 169 Å². The Bertz CT molecular complexity index is 4200. The van der Waals surface area contributed by atoms with E-state index in [1.807, 2.05) is 0 Å². The van der Waals surface area contributed by atoms with Crippen LogP contribution in [-0.2, 0) is 97.6 Å². The summed E-state index contributed by atoms with van der Waals surface area (Å²) in [6.07, 6.45) is -2.93. The van der Waals surface area contributed by atoms with E-state index in [0.717, 1.165) is 18.7 Å². The number of rotatable bonds is 55.